The van der Waals surface area contributed by atoms with Gasteiger partial charge in [0.2, 0.25) is 0 Å². The van der Waals surface area contributed by atoms with Gasteiger partial charge in [-0.15, -0.1) is 0 Å². The lowest BCUT2D eigenvalue weighted by Gasteiger charge is -2.21. The van der Waals surface area contributed by atoms with E-state index in [-0.39, 0.29) is 25.7 Å². The minimum atomic E-state index is -4.98. The number of hydrogen-bond acceptors (Lipinski definition) is 15. The van der Waals surface area contributed by atoms with Gasteiger partial charge in [0.15, 0.2) is 12.2 Å². The molecule has 0 aliphatic carbocycles. The van der Waals surface area contributed by atoms with Crippen LogP contribution in [0.25, 0.3) is 0 Å². The number of aliphatic hydroxyl groups is 1. The van der Waals surface area contributed by atoms with E-state index in [0.717, 1.165) is 167 Å². The zero-order chi connectivity index (χ0) is 70.4. The van der Waals surface area contributed by atoms with Crippen molar-refractivity contribution in [1.29, 1.82) is 0 Å². The lowest BCUT2D eigenvalue weighted by molar-refractivity contribution is -0.161. The Balaban J connectivity index is 5.33. The molecule has 3 N–H and O–H groups in total. The predicted octanol–water partition coefficient (Wildman–Crippen LogP) is 21.2. The van der Waals surface area contributed by atoms with Crippen molar-refractivity contribution in [3.05, 3.63) is 97.2 Å². The highest BCUT2D eigenvalue weighted by molar-refractivity contribution is 7.47. The zero-order valence-corrected chi connectivity index (χ0v) is 62.1. The van der Waals surface area contributed by atoms with E-state index in [0.29, 0.717) is 25.7 Å². The number of phosphoric ester groups is 2. The van der Waals surface area contributed by atoms with Gasteiger partial charge in [0.1, 0.15) is 19.3 Å². The number of phosphoric acid groups is 2. The molecule has 0 rings (SSSR count). The van der Waals surface area contributed by atoms with Gasteiger partial charge in [0.05, 0.1) is 26.4 Å². The summed E-state index contributed by atoms with van der Waals surface area (Å²) in [6.45, 7) is 4.60. The molecule has 17 nitrogen and oxygen atoms in total. The summed E-state index contributed by atoms with van der Waals surface area (Å²) in [5.74, 6) is -2.22. The summed E-state index contributed by atoms with van der Waals surface area (Å²) in [4.78, 5) is 72.7. The largest absolute Gasteiger partial charge is 0.472 e. The van der Waals surface area contributed by atoms with Crippen LogP contribution in [0.4, 0.5) is 0 Å². The van der Waals surface area contributed by atoms with Crippen molar-refractivity contribution >= 4 is 39.5 Å². The van der Waals surface area contributed by atoms with Crippen molar-refractivity contribution in [3.8, 4) is 0 Å². The van der Waals surface area contributed by atoms with Crippen LogP contribution < -0.4 is 0 Å². The fraction of sp³-hybridized carbons (Fsp3) is 0.740. The second-order valence-corrected chi connectivity index (χ2v) is 27.8. The van der Waals surface area contributed by atoms with E-state index >= 15 is 0 Å². The van der Waals surface area contributed by atoms with Crippen molar-refractivity contribution in [1.82, 2.24) is 0 Å². The Morgan fingerprint density at radius 1 is 0.302 bits per heavy atom. The molecule has 0 aliphatic rings. The van der Waals surface area contributed by atoms with E-state index in [9.17, 15) is 43.2 Å². The first kappa shape index (κ1) is 92.0. The van der Waals surface area contributed by atoms with E-state index in [1.54, 1.807) is 0 Å². The van der Waals surface area contributed by atoms with E-state index in [1.807, 2.05) is 0 Å². The summed E-state index contributed by atoms with van der Waals surface area (Å²) in [5.41, 5.74) is 0. The van der Waals surface area contributed by atoms with Crippen LogP contribution in [0.15, 0.2) is 97.2 Å². The maximum Gasteiger partial charge on any atom is 0.472 e. The third-order valence-corrected chi connectivity index (χ3v) is 17.4. The number of aliphatic hydroxyl groups excluding tert-OH is 1. The van der Waals surface area contributed by atoms with Crippen molar-refractivity contribution < 1.29 is 80.2 Å². The van der Waals surface area contributed by atoms with Crippen molar-refractivity contribution in [2.75, 3.05) is 39.6 Å². The number of rotatable bonds is 70. The fourth-order valence-electron chi connectivity index (χ4n) is 9.79. The predicted molar refractivity (Wildman–Crippen MR) is 390 cm³/mol. The van der Waals surface area contributed by atoms with Crippen molar-refractivity contribution in [2.24, 2.45) is 0 Å². The summed E-state index contributed by atoms with van der Waals surface area (Å²) >= 11 is 0. The van der Waals surface area contributed by atoms with Gasteiger partial charge in [-0.2, -0.15) is 0 Å². The molecule has 0 radical (unpaired) electrons. The third-order valence-electron chi connectivity index (χ3n) is 15.5. The Bertz CT molecular complexity index is 2200. The number of allylic oxidation sites excluding steroid dienone is 16. The van der Waals surface area contributed by atoms with Crippen LogP contribution in [0.5, 0.6) is 0 Å². The molecule has 96 heavy (non-hydrogen) atoms. The molecular formula is C77H134O17P2. The van der Waals surface area contributed by atoms with Gasteiger partial charge < -0.3 is 33.8 Å². The highest BCUT2D eigenvalue weighted by Gasteiger charge is 2.30. The summed E-state index contributed by atoms with van der Waals surface area (Å²) in [6, 6.07) is 0. The number of carbonyl (C=O) groups excluding carboxylic acids is 4. The van der Waals surface area contributed by atoms with E-state index in [2.05, 4.69) is 125 Å². The maximum absolute atomic E-state index is 13.0. The number of hydrogen-bond donors (Lipinski definition) is 3. The third kappa shape index (κ3) is 68.5. The molecule has 0 aromatic carbocycles. The molecule has 554 valence electrons. The van der Waals surface area contributed by atoms with Crippen molar-refractivity contribution in [3.63, 3.8) is 0 Å². The SMILES string of the molecule is CC/C=C\C/C=C\C/C=C\C/C=C\C/C=C\CCCCCC(=O)OCC(COP(=O)(O)OCC(O)COP(=O)(O)OCC(COC(=O)CCCCCCC/C=C\C/C=C\CCC)OC(=O)CCCCCCCCCCCCCCC)OC(=O)CCCCCCC/C=C\CCCC. The molecule has 0 saturated heterocycles. The van der Waals surface area contributed by atoms with Crippen LogP contribution in [0.3, 0.4) is 0 Å². The van der Waals surface area contributed by atoms with Gasteiger partial charge in [-0.25, -0.2) is 9.13 Å². The van der Waals surface area contributed by atoms with E-state index in [4.69, 9.17) is 37.0 Å². The molecule has 19 heteroatoms. The number of esters is 4. The summed E-state index contributed by atoms with van der Waals surface area (Å²) in [5, 5.41) is 10.6. The Morgan fingerprint density at radius 2 is 0.573 bits per heavy atom. The fourth-order valence-corrected chi connectivity index (χ4v) is 11.4. The molecule has 0 amide bonds. The van der Waals surface area contributed by atoms with E-state index < -0.39 is 97.5 Å². The number of carbonyl (C=O) groups is 4. The van der Waals surface area contributed by atoms with Gasteiger partial charge in [0, 0.05) is 25.7 Å². The number of ether oxygens (including phenoxy) is 4. The first-order valence-corrected chi connectivity index (χ1v) is 40.5. The van der Waals surface area contributed by atoms with Crippen LogP contribution in [0.2, 0.25) is 0 Å². The molecule has 0 aromatic heterocycles. The van der Waals surface area contributed by atoms with Gasteiger partial charge in [-0.1, -0.05) is 266 Å². The second kappa shape index (κ2) is 69.5. The topological polar surface area (TPSA) is 237 Å². The Labute approximate surface area is 582 Å². The average Bonchev–Trinajstić information content (AvgIpc) is 1.11. The lowest BCUT2D eigenvalue weighted by atomic mass is 10.0. The molecule has 0 aromatic rings. The van der Waals surface area contributed by atoms with Crippen LogP contribution in [0, 0.1) is 0 Å². The zero-order valence-electron chi connectivity index (χ0n) is 60.3. The quantitative estimate of drug-likeness (QED) is 0.0169. The molecule has 0 aliphatic heterocycles. The molecule has 0 bridgehead atoms. The van der Waals surface area contributed by atoms with Crippen LogP contribution in [0.1, 0.15) is 310 Å². The summed E-state index contributed by atoms with van der Waals surface area (Å²) < 4.78 is 68.3. The molecular weight excluding hydrogens is 1260 g/mol. The van der Waals surface area contributed by atoms with Crippen LogP contribution in [-0.4, -0.2) is 96.7 Å². The average molecular weight is 1390 g/mol. The first-order chi connectivity index (χ1) is 46.7. The number of unbranched alkanes of at least 4 members (excludes halogenated alkanes) is 28. The minimum absolute atomic E-state index is 0.0765. The van der Waals surface area contributed by atoms with Crippen molar-refractivity contribution in [2.45, 2.75) is 329 Å². The highest BCUT2D eigenvalue weighted by Crippen LogP contribution is 2.45. The molecule has 0 spiro atoms. The van der Waals surface area contributed by atoms with Gasteiger partial charge in [0.25, 0.3) is 0 Å². The normalized spacial score (nSPS) is 14.5. The summed E-state index contributed by atoms with van der Waals surface area (Å²) in [7, 11) is -9.95. The molecule has 0 fully saturated rings. The maximum atomic E-state index is 13.0. The second-order valence-electron chi connectivity index (χ2n) is 24.9. The monoisotopic (exact) mass is 1390 g/mol. The van der Waals surface area contributed by atoms with Gasteiger partial charge in [-0.3, -0.25) is 37.3 Å². The Morgan fingerprint density at radius 3 is 0.927 bits per heavy atom. The Hall–Kier alpha value is -4.02. The highest BCUT2D eigenvalue weighted by atomic mass is 31.2. The minimum Gasteiger partial charge on any atom is -0.462 e. The molecule has 5 unspecified atom stereocenters. The molecule has 0 saturated carbocycles. The molecule has 5 atom stereocenters. The van der Waals surface area contributed by atoms with E-state index in [1.165, 1.54) is 64.2 Å². The molecule has 0 heterocycles. The summed E-state index contributed by atoms with van der Waals surface area (Å²) in [6.07, 6.45) is 71.2. The first-order valence-electron chi connectivity index (χ1n) is 37.5. The smallest absolute Gasteiger partial charge is 0.462 e. The van der Waals surface area contributed by atoms with Gasteiger partial charge >= 0.3 is 39.5 Å². The standard InChI is InChI=1S/C77H134O17P2/c1-5-9-13-17-21-25-29-32-33-34-35-36-37-40-43-46-50-54-58-62-75(80)88-67-72(93-76(81)63-59-55-51-47-41-28-24-20-16-12-8-4)69-91-95(83,84)89-65-71(78)66-90-96(85,86)92-70-73(94-77(82)64-60-56-52-48-44-39-31-27-23-19-15-11-7-3)68-87-74(79)61-57-53-49-45-42-38-30-26-22-18-14-10-6-2/h9,13-14,18,20-21,24-26,30,32-33,35-36,40,43,71-73,78H,5-8,10-12,15-17,19,22-23,27-29,31,34,37-39,41-42,44-70H2,1-4H3,(H,83,84)(H,85,86)/b13-9-,18-14-,24-20-,25-21-,30-26-,33-32-,36-35-,43-40-. The van der Waals surface area contributed by atoms with Crippen LogP contribution in [-0.2, 0) is 65.4 Å². The lowest BCUT2D eigenvalue weighted by Crippen LogP contribution is -2.30. The van der Waals surface area contributed by atoms with Gasteiger partial charge in [-0.05, 0) is 116 Å². The van der Waals surface area contributed by atoms with Crippen LogP contribution >= 0.6 is 15.6 Å². The Kier molecular flexibility index (Phi) is 66.6.